The summed E-state index contributed by atoms with van der Waals surface area (Å²) in [6, 6.07) is 6.18. The number of fused-ring (bicyclic) bond motifs is 1. The van der Waals surface area contributed by atoms with Crippen molar-refractivity contribution in [1.29, 1.82) is 0 Å². The highest BCUT2D eigenvalue weighted by atomic mass is 79.9. The molecule has 1 aromatic carbocycles. The molecule has 4 nitrogen and oxygen atoms in total. The Bertz CT molecular complexity index is 490. The van der Waals surface area contributed by atoms with Crippen molar-refractivity contribution in [2.24, 2.45) is 0 Å². The Kier molecular flexibility index (Phi) is 3.69. The van der Waals surface area contributed by atoms with Crippen molar-refractivity contribution in [3.63, 3.8) is 0 Å². The van der Waals surface area contributed by atoms with E-state index in [1.165, 1.54) is 0 Å². The van der Waals surface area contributed by atoms with Crippen LogP contribution in [0.2, 0.25) is 0 Å². The molecule has 1 aromatic heterocycles. The summed E-state index contributed by atoms with van der Waals surface area (Å²) in [5.41, 5.74) is 0.858. The van der Waals surface area contributed by atoms with E-state index in [0.717, 1.165) is 15.4 Å². The van der Waals surface area contributed by atoms with Gasteiger partial charge < -0.3 is 9.47 Å². The molecule has 0 fully saturated rings. The van der Waals surface area contributed by atoms with E-state index in [4.69, 9.17) is 9.47 Å². The molecule has 0 saturated carbocycles. The van der Waals surface area contributed by atoms with Gasteiger partial charge in [0.2, 0.25) is 0 Å². The van der Waals surface area contributed by atoms with Crippen LogP contribution in [0.3, 0.4) is 0 Å². The van der Waals surface area contributed by atoms with Crippen LogP contribution in [-0.4, -0.2) is 30.3 Å². The Morgan fingerprint density at radius 1 is 1.31 bits per heavy atom. The van der Waals surface area contributed by atoms with Crippen molar-refractivity contribution in [2.75, 3.05) is 20.3 Å². The molecular weight excluding hydrogens is 272 g/mol. The fourth-order valence-electron chi connectivity index (χ4n) is 1.29. The van der Waals surface area contributed by atoms with Gasteiger partial charge >= 0.3 is 6.01 Å². The first-order chi connectivity index (χ1) is 7.81. The SMILES string of the molecule is COCCOc1ncc2c(Br)cccc2n1. The molecule has 0 aliphatic heterocycles. The van der Waals surface area contributed by atoms with Gasteiger partial charge in [0, 0.05) is 23.2 Å². The summed E-state index contributed by atoms with van der Waals surface area (Å²) in [7, 11) is 1.63. The number of nitrogens with zero attached hydrogens (tertiary/aromatic N) is 2. The van der Waals surface area contributed by atoms with Crippen molar-refractivity contribution < 1.29 is 9.47 Å². The highest BCUT2D eigenvalue weighted by molar-refractivity contribution is 9.10. The molecule has 1 heterocycles. The van der Waals surface area contributed by atoms with Gasteiger partial charge in [-0.2, -0.15) is 4.98 Å². The van der Waals surface area contributed by atoms with Gasteiger partial charge in [-0.1, -0.05) is 22.0 Å². The van der Waals surface area contributed by atoms with E-state index in [9.17, 15) is 0 Å². The summed E-state index contributed by atoms with van der Waals surface area (Å²) >= 11 is 3.44. The third-order valence-electron chi connectivity index (χ3n) is 2.07. The predicted octanol–water partition coefficient (Wildman–Crippen LogP) is 2.42. The minimum atomic E-state index is 0.377. The summed E-state index contributed by atoms with van der Waals surface area (Å²) in [4.78, 5) is 8.41. The molecule has 0 atom stereocenters. The van der Waals surface area contributed by atoms with Gasteiger partial charge in [0.1, 0.15) is 6.61 Å². The first kappa shape index (κ1) is 11.3. The van der Waals surface area contributed by atoms with Gasteiger partial charge in [0.25, 0.3) is 0 Å². The van der Waals surface area contributed by atoms with Crippen LogP contribution < -0.4 is 4.74 Å². The molecule has 0 amide bonds. The van der Waals surface area contributed by atoms with Gasteiger partial charge in [0.05, 0.1) is 12.1 Å². The first-order valence-electron chi connectivity index (χ1n) is 4.84. The van der Waals surface area contributed by atoms with Crippen LogP contribution in [0, 0.1) is 0 Å². The largest absolute Gasteiger partial charge is 0.461 e. The molecule has 84 valence electrons. The maximum atomic E-state index is 5.33. The van der Waals surface area contributed by atoms with E-state index in [2.05, 4.69) is 25.9 Å². The quantitative estimate of drug-likeness (QED) is 0.808. The van der Waals surface area contributed by atoms with Crippen molar-refractivity contribution in [2.45, 2.75) is 0 Å². The number of methoxy groups -OCH3 is 1. The number of benzene rings is 1. The Labute approximate surface area is 102 Å². The molecule has 0 aliphatic rings. The van der Waals surface area contributed by atoms with Crippen molar-refractivity contribution in [3.8, 4) is 6.01 Å². The molecular formula is C11H11BrN2O2. The molecule has 2 rings (SSSR count). The molecule has 0 saturated heterocycles. The number of ether oxygens (including phenoxy) is 2. The standard InChI is InChI=1S/C11H11BrN2O2/c1-15-5-6-16-11-13-7-8-9(12)3-2-4-10(8)14-11/h2-4,7H,5-6H2,1H3. The third kappa shape index (κ3) is 2.48. The first-order valence-corrected chi connectivity index (χ1v) is 5.63. The highest BCUT2D eigenvalue weighted by Gasteiger charge is 2.03. The summed E-state index contributed by atoms with van der Waals surface area (Å²) in [6.45, 7) is 0.982. The van der Waals surface area contributed by atoms with Gasteiger partial charge in [-0.25, -0.2) is 4.98 Å². The smallest absolute Gasteiger partial charge is 0.316 e. The number of hydrogen-bond donors (Lipinski definition) is 0. The Hall–Kier alpha value is -1.20. The molecule has 0 unspecified atom stereocenters. The Balaban J connectivity index is 2.23. The van der Waals surface area contributed by atoms with Crippen molar-refractivity contribution in [1.82, 2.24) is 9.97 Å². The molecule has 0 radical (unpaired) electrons. The van der Waals surface area contributed by atoms with E-state index in [1.54, 1.807) is 13.3 Å². The van der Waals surface area contributed by atoms with E-state index in [0.29, 0.717) is 19.2 Å². The third-order valence-corrected chi connectivity index (χ3v) is 2.76. The highest BCUT2D eigenvalue weighted by Crippen LogP contribution is 2.22. The molecule has 5 heteroatoms. The number of hydrogen-bond acceptors (Lipinski definition) is 4. The second-order valence-electron chi connectivity index (χ2n) is 3.17. The summed E-state index contributed by atoms with van der Waals surface area (Å²) in [6.07, 6.45) is 1.74. The van der Waals surface area contributed by atoms with Crippen LogP contribution >= 0.6 is 15.9 Å². The summed E-state index contributed by atoms with van der Waals surface area (Å²) in [5.74, 6) is 0. The lowest BCUT2D eigenvalue weighted by atomic mass is 10.2. The van der Waals surface area contributed by atoms with Crippen molar-refractivity contribution >= 4 is 26.8 Å². The van der Waals surface area contributed by atoms with E-state index in [-0.39, 0.29) is 0 Å². The van der Waals surface area contributed by atoms with Gasteiger partial charge in [-0.05, 0) is 12.1 Å². The van der Waals surface area contributed by atoms with Crippen LogP contribution in [0.4, 0.5) is 0 Å². The van der Waals surface area contributed by atoms with E-state index >= 15 is 0 Å². The predicted molar refractivity (Wildman–Crippen MR) is 64.6 cm³/mol. The fraction of sp³-hybridized carbons (Fsp3) is 0.273. The minimum Gasteiger partial charge on any atom is -0.461 e. The summed E-state index contributed by atoms with van der Waals surface area (Å²) in [5, 5.41) is 0.974. The lowest BCUT2D eigenvalue weighted by molar-refractivity contribution is 0.141. The lowest BCUT2D eigenvalue weighted by Crippen LogP contribution is -2.06. The fourth-order valence-corrected chi connectivity index (χ4v) is 1.75. The average molecular weight is 283 g/mol. The molecule has 16 heavy (non-hydrogen) atoms. The number of aromatic nitrogens is 2. The Morgan fingerprint density at radius 2 is 2.19 bits per heavy atom. The van der Waals surface area contributed by atoms with E-state index < -0.39 is 0 Å². The molecule has 0 bridgehead atoms. The molecule has 0 spiro atoms. The van der Waals surface area contributed by atoms with E-state index in [1.807, 2.05) is 18.2 Å². The molecule has 2 aromatic rings. The molecule has 0 N–H and O–H groups in total. The normalized spacial score (nSPS) is 10.6. The average Bonchev–Trinajstić information content (AvgIpc) is 2.30. The Morgan fingerprint density at radius 3 is 3.00 bits per heavy atom. The number of halogens is 1. The van der Waals surface area contributed by atoms with Gasteiger partial charge in [0.15, 0.2) is 0 Å². The van der Waals surface area contributed by atoms with Crippen LogP contribution in [0.5, 0.6) is 6.01 Å². The summed E-state index contributed by atoms with van der Waals surface area (Å²) < 4.78 is 11.2. The van der Waals surface area contributed by atoms with Crippen LogP contribution in [0.25, 0.3) is 10.9 Å². The zero-order valence-electron chi connectivity index (χ0n) is 8.81. The van der Waals surface area contributed by atoms with Crippen LogP contribution in [0.1, 0.15) is 0 Å². The second kappa shape index (κ2) is 5.23. The molecule has 0 aliphatic carbocycles. The minimum absolute atomic E-state index is 0.377. The zero-order chi connectivity index (χ0) is 11.4. The van der Waals surface area contributed by atoms with Crippen LogP contribution in [-0.2, 0) is 4.74 Å². The van der Waals surface area contributed by atoms with Crippen LogP contribution in [0.15, 0.2) is 28.9 Å². The maximum Gasteiger partial charge on any atom is 0.316 e. The maximum absolute atomic E-state index is 5.33. The number of rotatable bonds is 4. The topological polar surface area (TPSA) is 44.2 Å². The zero-order valence-corrected chi connectivity index (χ0v) is 10.4. The monoisotopic (exact) mass is 282 g/mol. The van der Waals surface area contributed by atoms with Gasteiger partial charge in [-0.15, -0.1) is 0 Å². The lowest BCUT2D eigenvalue weighted by Gasteiger charge is -2.04. The second-order valence-corrected chi connectivity index (χ2v) is 4.02. The van der Waals surface area contributed by atoms with Crippen molar-refractivity contribution in [3.05, 3.63) is 28.9 Å². The van der Waals surface area contributed by atoms with Gasteiger partial charge in [-0.3, -0.25) is 0 Å².